The van der Waals surface area contributed by atoms with Crippen molar-refractivity contribution in [3.63, 3.8) is 0 Å². The molecule has 0 radical (unpaired) electrons. The Morgan fingerprint density at radius 3 is 1.89 bits per heavy atom. The van der Waals surface area contributed by atoms with E-state index in [0.29, 0.717) is 11.8 Å². The molecule has 36 heavy (non-hydrogen) atoms. The number of benzene rings is 2. The Balaban J connectivity index is 0.000000201. The lowest BCUT2D eigenvalue weighted by molar-refractivity contribution is 0.111. The number of hydrogen-bond donors (Lipinski definition) is 0. The molecule has 2 heteroatoms. The molecule has 4 atom stereocenters. The number of aryl methyl sites for hydroxylation is 2. The summed E-state index contributed by atoms with van der Waals surface area (Å²) in [5.41, 5.74) is 7.33. The van der Waals surface area contributed by atoms with Crippen molar-refractivity contribution in [2.75, 3.05) is 0 Å². The van der Waals surface area contributed by atoms with Crippen LogP contribution < -0.4 is 0 Å². The normalized spacial score (nSPS) is 23.9. The van der Waals surface area contributed by atoms with E-state index in [2.05, 4.69) is 39.8 Å². The first kappa shape index (κ1) is 28.4. The summed E-state index contributed by atoms with van der Waals surface area (Å²) in [6, 6.07) is 12.4. The fourth-order valence-electron chi connectivity index (χ4n) is 7.04. The minimum Gasteiger partial charge on any atom is -0.298 e. The molecular formula is C34H48O2. The summed E-state index contributed by atoms with van der Waals surface area (Å²) < 4.78 is 0. The lowest BCUT2D eigenvalue weighted by Gasteiger charge is -2.33. The standard InChI is InChI=1S/2C17H24O/c1-3-13-7-5-9-15(11-13)17-14(4-2)8-6-10-16(17)12-18;1-3-13-8-5-6-11-16(13)17-14(4-2)9-7-10-15(17)12-18/h6,8,10,12-13,15H,3-5,7,9,11H2,1-2H3;7,9-10,12-13,16H,3-6,8,11H2,1-2H3. The molecule has 0 saturated heterocycles. The molecule has 0 N–H and O–H groups in total. The topological polar surface area (TPSA) is 34.1 Å². The summed E-state index contributed by atoms with van der Waals surface area (Å²) in [7, 11) is 0. The van der Waals surface area contributed by atoms with Crippen LogP contribution >= 0.6 is 0 Å². The second-order valence-electron chi connectivity index (χ2n) is 11.0. The molecule has 4 unspecified atom stereocenters. The zero-order valence-electron chi connectivity index (χ0n) is 23.2. The Hall–Kier alpha value is -2.22. The van der Waals surface area contributed by atoms with Gasteiger partial charge in [0.1, 0.15) is 12.6 Å². The van der Waals surface area contributed by atoms with Crippen LogP contribution in [-0.4, -0.2) is 12.6 Å². The molecular weight excluding hydrogens is 440 g/mol. The van der Waals surface area contributed by atoms with Gasteiger partial charge in [-0.2, -0.15) is 0 Å². The van der Waals surface area contributed by atoms with Crippen LogP contribution in [0.3, 0.4) is 0 Å². The number of carbonyl (C=O) groups is 2. The molecule has 0 spiro atoms. The second kappa shape index (κ2) is 14.5. The van der Waals surface area contributed by atoms with Crippen LogP contribution in [-0.2, 0) is 12.8 Å². The third-order valence-electron chi connectivity index (χ3n) is 9.05. The molecule has 0 amide bonds. The number of hydrogen-bond acceptors (Lipinski definition) is 2. The Kier molecular flexibility index (Phi) is 11.4. The minimum atomic E-state index is 0.611. The van der Waals surface area contributed by atoms with E-state index < -0.39 is 0 Å². The molecule has 196 valence electrons. The number of rotatable bonds is 8. The molecule has 0 aliphatic heterocycles. The van der Waals surface area contributed by atoms with Gasteiger partial charge < -0.3 is 0 Å². The van der Waals surface area contributed by atoms with Crippen LogP contribution in [0.4, 0.5) is 0 Å². The van der Waals surface area contributed by atoms with Gasteiger partial charge in [0.2, 0.25) is 0 Å². The predicted molar refractivity (Wildman–Crippen MR) is 152 cm³/mol. The van der Waals surface area contributed by atoms with Crippen molar-refractivity contribution in [2.24, 2.45) is 11.8 Å². The SMILES string of the molecule is CCc1cccc(C=O)c1C1CCCC(CC)C1.CCc1cccc(C=O)c1C1CCCCC1CC. The van der Waals surface area contributed by atoms with E-state index >= 15 is 0 Å². The maximum atomic E-state index is 11.3. The van der Waals surface area contributed by atoms with Gasteiger partial charge in [-0.15, -0.1) is 0 Å². The van der Waals surface area contributed by atoms with Crippen molar-refractivity contribution in [2.45, 2.75) is 117 Å². The van der Waals surface area contributed by atoms with E-state index in [4.69, 9.17) is 0 Å². The van der Waals surface area contributed by atoms with Crippen LogP contribution in [0.15, 0.2) is 36.4 Å². The molecule has 0 aromatic heterocycles. The van der Waals surface area contributed by atoms with Crippen LogP contribution in [0.5, 0.6) is 0 Å². The molecule has 0 bridgehead atoms. The highest BCUT2D eigenvalue weighted by molar-refractivity contribution is 5.79. The molecule has 2 aliphatic rings. The minimum absolute atomic E-state index is 0.611. The van der Waals surface area contributed by atoms with Gasteiger partial charge in [0.15, 0.2) is 0 Å². The zero-order valence-corrected chi connectivity index (χ0v) is 23.2. The summed E-state index contributed by atoms with van der Waals surface area (Å²) in [4.78, 5) is 22.6. The molecule has 2 aromatic rings. The lowest BCUT2D eigenvalue weighted by Crippen LogP contribution is -2.20. The van der Waals surface area contributed by atoms with E-state index in [1.807, 2.05) is 24.3 Å². The lowest BCUT2D eigenvalue weighted by atomic mass is 9.71. The van der Waals surface area contributed by atoms with Gasteiger partial charge in [-0.25, -0.2) is 0 Å². The second-order valence-corrected chi connectivity index (χ2v) is 11.0. The highest BCUT2D eigenvalue weighted by atomic mass is 16.1. The van der Waals surface area contributed by atoms with E-state index in [-0.39, 0.29) is 0 Å². The van der Waals surface area contributed by atoms with Crippen LogP contribution in [0.2, 0.25) is 0 Å². The molecule has 0 heterocycles. The third-order valence-corrected chi connectivity index (χ3v) is 9.05. The van der Waals surface area contributed by atoms with Crippen LogP contribution in [0.1, 0.15) is 147 Å². The zero-order chi connectivity index (χ0) is 25.9. The largest absolute Gasteiger partial charge is 0.298 e. The Labute approximate surface area is 220 Å². The predicted octanol–water partition coefficient (Wildman–Crippen LogP) is 9.49. The first-order valence-electron chi connectivity index (χ1n) is 14.7. The number of carbonyl (C=O) groups excluding carboxylic acids is 2. The summed E-state index contributed by atoms with van der Waals surface area (Å²) in [6.45, 7) is 8.96. The average molecular weight is 489 g/mol. The maximum Gasteiger partial charge on any atom is 0.150 e. The van der Waals surface area contributed by atoms with Gasteiger partial charge in [-0.1, -0.05) is 103 Å². The molecule has 2 fully saturated rings. The highest BCUT2D eigenvalue weighted by Gasteiger charge is 2.28. The monoisotopic (exact) mass is 488 g/mol. The van der Waals surface area contributed by atoms with Crippen molar-refractivity contribution in [1.29, 1.82) is 0 Å². The van der Waals surface area contributed by atoms with Crippen LogP contribution in [0, 0.1) is 11.8 Å². The van der Waals surface area contributed by atoms with Crippen molar-refractivity contribution < 1.29 is 9.59 Å². The fourth-order valence-corrected chi connectivity index (χ4v) is 7.04. The summed E-state index contributed by atoms with van der Waals surface area (Å²) in [5, 5.41) is 0. The highest BCUT2D eigenvalue weighted by Crippen LogP contribution is 2.42. The molecule has 2 nitrogen and oxygen atoms in total. The van der Waals surface area contributed by atoms with E-state index in [9.17, 15) is 9.59 Å². The summed E-state index contributed by atoms with van der Waals surface area (Å²) in [6.07, 6.45) is 17.2. The van der Waals surface area contributed by atoms with Crippen molar-refractivity contribution in [3.8, 4) is 0 Å². The fraction of sp³-hybridized carbons (Fsp3) is 0.588. The first-order valence-corrected chi connectivity index (χ1v) is 14.7. The molecule has 2 saturated carbocycles. The Morgan fingerprint density at radius 1 is 0.694 bits per heavy atom. The molecule has 2 aromatic carbocycles. The van der Waals surface area contributed by atoms with Gasteiger partial charge in [0.25, 0.3) is 0 Å². The van der Waals surface area contributed by atoms with Gasteiger partial charge in [-0.05, 0) is 84.5 Å². The average Bonchev–Trinajstić information content (AvgIpc) is 2.96. The van der Waals surface area contributed by atoms with E-state index in [0.717, 1.165) is 48.4 Å². The van der Waals surface area contributed by atoms with Gasteiger partial charge in [-0.3, -0.25) is 9.59 Å². The van der Waals surface area contributed by atoms with Gasteiger partial charge in [0, 0.05) is 11.1 Å². The van der Waals surface area contributed by atoms with E-state index in [1.165, 1.54) is 86.5 Å². The molecule has 4 rings (SSSR count). The van der Waals surface area contributed by atoms with Crippen LogP contribution in [0.25, 0.3) is 0 Å². The Bertz CT molecular complexity index is 975. The maximum absolute atomic E-state index is 11.3. The first-order chi connectivity index (χ1) is 17.6. The summed E-state index contributed by atoms with van der Waals surface area (Å²) >= 11 is 0. The third kappa shape index (κ3) is 6.75. The van der Waals surface area contributed by atoms with E-state index in [1.54, 1.807) is 0 Å². The van der Waals surface area contributed by atoms with Crippen molar-refractivity contribution in [3.05, 3.63) is 69.8 Å². The van der Waals surface area contributed by atoms with Crippen molar-refractivity contribution >= 4 is 12.6 Å². The smallest absolute Gasteiger partial charge is 0.150 e. The van der Waals surface area contributed by atoms with Gasteiger partial charge in [0.05, 0.1) is 0 Å². The molecule has 2 aliphatic carbocycles. The van der Waals surface area contributed by atoms with Crippen molar-refractivity contribution in [1.82, 2.24) is 0 Å². The quantitative estimate of drug-likeness (QED) is 0.347. The Morgan fingerprint density at radius 2 is 1.31 bits per heavy atom. The van der Waals surface area contributed by atoms with Gasteiger partial charge >= 0.3 is 0 Å². The number of aldehydes is 2. The summed E-state index contributed by atoms with van der Waals surface area (Å²) in [5.74, 6) is 2.85.